The number of hydrogen-bond acceptors (Lipinski definition) is 4. The topological polar surface area (TPSA) is 69.0 Å². The zero-order chi connectivity index (χ0) is 22.8. The van der Waals surface area contributed by atoms with Crippen LogP contribution in [0.5, 0.6) is 5.88 Å². The van der Waals surface area contributed by atoms with Crippen molar-refractivity contribution in [2.75, 3.05) is 5.32 Å². The summed E-state index contributed by atoms with van der Waals surface area (Å²) in [7, 11) is 0. The Hall–Kier alpha value is -3.67. The molecule has 2 heterocycles. The molecule has 1 N–H and O–H groups in total. The molecule has 4 aromatic rings. The van der Waals surface area contributed by atoms with E-state index >= 15 is 0 Å². The van der Waals surface area contributed by atoms with E-state index in [0.29, 0.717) is 12.4 Å². The van der Waals surface area contributed by atoms with Crippen molar-refractivity contribution in [1.82, 2.24) is 14.8 Å². The number of para-hydroxylation sites is 1. The van der Waals surface area contributed by atoms with Gasteiger partial charge in [0.25, 0.3) is 5.91 Å². The van der Waals surface area contributed by atoms with Gasteiger partial charge in [-0.2, -0.15) is 10.1 Å². The molecule has 0 aliphatic rings. The summed E-state index contributed by atoms with van der Waals surface area (Å²) in [5.41, 5.74) is 6.56. The second kappa shape index (κ2) is 8.83. The predicted molar refractivity (Wildman–Crippen MR) is 128 cm³/mol. The average Bonchev–Trinajstić information content (AvgIpc) is 3.11. The van der Waals surface area contributed by atoms with Crippen molar-refractivity contribution in [3.05, 3.63) is 71.4 Å². The first-order valence-electron chi connectivity index (χ1n) is 10.9. The molecule has 0 fully saturated rings. The molecule has 0 aliphatic carbocycles. The molecule has 0 spiro atoms. The Morgan fingerprint density at radius 2 is 1.75 bits per heavy atom. The number of rotatable bonds is 6. The van der Waals surface area contributed by atoms with Gasteiger partial charge >= 0.3 is 0 Å². The number of carbonyl (C=O) groups excluding carboxylic acids is 1. The summed E-state index contributed by atoms with van der Waals surface area (Å²) in [6.45, 7) is 10.4. The van der Waals surface area contributed by atoms with Gasteiger partial charge in [0.05, 0.1) is 11.1 Å². The molecule has 6 nitrogen and oxygen atoms in total. The van der Waals surface area contributed by atoms with Crippen LogP contribution in [0.1, 0.15) is 30.7 Å². The minimum atomic E-state index is -0.721. The molecule has 0 bridgehead atoms. The molecule has 0 aliphatic heterocycles. The van der Waals surface area contributed by atoms with Crippen LogP contribution >= 0.6 is 0 Å². The third-order valence-corrected chi connectivity index (χ3v) is 5.63. The first-order chi connectivity index (χ1) is 15.4. The van der Waals surface area contributed by atoms with Gasteiger partial charge < -0.3 is 10.1 Å². The van der Waals surface area contributed by atoms with Crippen molar-refractivity contribution >= 4 is 22.6 Å². The van der Waals surface area contributed by atoms with Crippen LogP contribution in [0.15, 0.2) is 54.6 Å². The lowest BCUT2D eigenvalue weighted by atomic mass is 10.0. The lowest BCUT2D eigenvalue weighted by Crippen LogP contribution is -2.31. The zero-order valence-corrected chi connectivity index (χ0v) is 19.1. The number of nitrogens with one attached hydrogen (secondary N) is 1. The van der Waals surface area contributed by atoms with Gasteiger partial charge in [-0.1, -0.05) is 48.5 Å². The number of hydrogen-bond donors (Lipinski definition) is 1. The van der Waals surface area contributed by atoms with E-state index in [1.165, 1.54) is 0 Å². The molecule has 32 heavy (non-hydrogen) atoms. The number of carbonyl (C=O) groups is 1. The highest BCUT2D eigenvalue weighted by Gasteiger charge is 2.21. The number of ether oxygens (including phenoxy) is 1. The van der Waals surface area contributed by atoms with Crippen molar-refractivity contribution in [2.24, 2.45) is 0 Å². The number of amides is 1. The van der Waals surface area contributed by atoms with Crippen LogP contribution in [-0.4, -0.2) is 26.8 Å². The van der Waals surface area contributed by atoms with Gasteiger partial charge in [0.1, 0.15) is 0 Å². The predicted octanol–water partition coefficient (Wildman–Crippen LogP) is 5.45. The first-order valence-corrected chi connectivity index (χ1v) is 10.9. The number of aryl methyl sites for hydroxylation is 4. The Bertz CT molecular complexity index is 1260. The molecule has 0 saturated carbocycles. The quantitative estimate of drug-likeness (QED) is 0.443. The number of anilines is 1. The molecule has 0 radical (unpaired) electrons. The highest BCUT2D eigenvalue weighted by Crippen LogP contribution is 2.33. The average molecular weight is 429 g/mol. The number of benzene rings is 2. The van der Waals surface area contributed by atoms with Gasteiger partial charge in [-0.05, 0) is 56.9 Å². The lowest BCUT2D eigenvalue weighted by Gasteiger charge is -2.17. The van der Waals surface area contributed by atoms with Gasteiger partial charge in [-0.3, -0.25) is 4.79 Å². The van der Waals surface area contributed by atoms with Crippen molar-refractivity contribution in [3.8, 4) is 17.0 Å². The highest BCUT2D eigenvalue weighted by molar-refractivity contribution is 5.97. The second-order valence-electron chi connectivity index (χ2n) is 7.99. The Kier molecular flexibility index (Phi) is 5.95. The van der Waals surface area contributed by atoms with Gasteiger partial charge in [0, 0.05) is 18.3 Å². The normalized spacial score (nSPS) is 12.0. The summed E-state index contributed by atoms with van der Waals surface area (Å²) in [5.74, 6) is 0.181. The summed E-state index contributed by atoms with van der Waals surface area (Å²) in [6, 6.07) is 17.9. The van der Waals surface area contributed by atoms with Crippen LogP contribution in [0, 0.1) is 20.8 Å². The van der Waals surface area contributed by atoms with E-state index in [9.17, 15) is 4.79 Å². The zero-order valence-electron chi connectivity index (χ0n) is 19.1. The third kappa shape index (κ3) is 4.08. The Balaban J connectivity index is 1.69. The second-order valence-corrected chi connectivity index (χ2v) is 7.99. The van der Waals surface area contributed by atoms with Crippen LogP contribution in [0.2, 0.25) is 0 Å². The van der Waals surface area contributed by atoms with E-state index < -0.39 is 6.10 Å². The highest BCUT2D eigenvalue weighted by atomic mass is 16.5. The molecule has 1 amide bonds. The smallest absolute Gasteiger partial charge is 0.265 e. The van der Waals surface area contributed by atoms with Crippen molar-refractivity contribution in [1.29, 1.82) is 0 Å². The molecule has 164 valence electrons. The SMILES string of the molecule is CCn1nc(C)c2c(-c3ccccc3)cc(OC(C)C(=O)Nc3c(C)cccc3C)nc21. The fraction of sp³-hybridized carbons (Fsp3) is 0.269. The lowest BCUT2D eigenvalue weighted by molar-refractivity contribution is -0.122. The van der Waals surface area contributed by atoms with Gasteiger partial charge in [-0.15, -0.1) is 0 Å². The number of nitrogens with zero attached hydrogens (tertiary/aromatic N) is 3. The van der Waals surface area contributed by atoms with E-state index in [0.717, 1.165) is 44.7 Å². The standard InChI is InChI=1S/C26H28N4O2/c1-6-30-25-23(18(4)29-30)21(20-13-8-7-9-14-20)15-22(27-25)32-19(5)26(31)28-24-16(2)11-10-12-17(24)3/h7-15,19H,6H2,1-5H3,(H,28,31). The van der Waals surface area contributed by atoms with E-state index in [4.69, 9.17) is 9.72 Å². The largest absolute Gasteiger partial charge is 0.464 e. The van der Waals surface area contributed by atoms with Gasteiger partial charge in [0.15, 0.2) is 11.8 Å². The minimum absolute atomic E-state index is 0.217. The molecule has 6 heteroatoms. The van der Waals surface area contributed by atoms with E-state index in [-0.39, 0.29) is 5.91 Å². The van der Waals surface area contributed by atoms with Crippen LogP contribution in [-0.2, 0) is 11.3 Å². The van der Waals surface area contributed by atoms with Crippen molar-refractivity contribution in [2.45, 2.75) is 47.3 Å². The van der Waals surface area contributed by atoms with E-state index in [2.05, 4.69) is 22.5 Å². The molecule has 1 atom stereocenters. The van der Waals surface area contributed by atoms with Crippen LogP contribution in [0.25, 0.3) is 22.2 Å². The molecule has 4 rings (SSSR count). The van der Waals surface area contributed by atoms with Crippen LogP contribution in [0.3, 0.4) is 0 Å². The van der Waals surface area contributed by atoms with Crippen LogP contribution < -0.4 is 10.1 Å². The molecular weight excluding hydrogens is 400 g/mol. The van der Waals surface area contributed by atoms with Gasteiger partial charge in [0.2, 0.25) is 5.88 Å². The molecule has 1 unspecified atom stereocenters. The van der Waals surface area contributed by atoms with Crippen molar-refractivity contribution < 1.29 is 9.53 Å². The third-order valence-electron chi connectivity index (χ3n) is 5.63. The summed E-state index contributed by atoms with van der Waals surface area (Å²) >= 11 is 0. The summed E-state index contributed by atoms with van der Waals surface area (Å²) in [6.07, 6.45) is -0.721. The maximum absolute atomic E-state index is 12.9. The van der Waals surface area contributed by atoms with Crippen LogP contribution in [0.4, 0.5) is 5.69 Å². The van der Waals surface area contributed by atoms with E-state index in [1.54, 1.807) is 6.92 Å². The van der Waals surface area contributed by atoms with Gasteiger partial charge in [-0.25, -0.2) is 4.68 Å². The maximum atomic E-state index is 12.9. The maximum Gasteiger partial charge on any atom is 0.265 e. The molecule has 2 aromatic heterocycles. The Morgan fingerprint density at radius 1 is 1.06 bits per heavy atom. The number of pyridine rings is 1. The molecule has 0 saturated heterocycles. The molecule has 2 aromatic carbocycles. The number of aromatic nitrogens is 3. The first kappa shape index (κ1) is 21.6. The Morgan fingerprint density at radius 3 is 2.41 bits per heavy atom. The van der Waals surface area contributed by atoms with Crippen molar-refractivity contribution in [3.63, 3.8) is 0 Å². The summed E-state index contributed by atoms with van der Waals surface area (Å²) in [5, 5.41) is 8.64. The fourth-order valence-electron chi connectivity index (χ4n) is 3.93. The summed E-state index contributed by atoms with van der Waals surface area (Å²) in [4.78, 5) is 17.6. The fourth-order valence-corrected chi connectivity index (χ4v) is 3.93. The Labute approximate surface area is 188 Å². The van der Waals surface area contributed by atoms with E-state index in [1.807, 2.05) is 74.8 Å². The monoisotopic (exact) mass is 428 g/mol. The molecular formula is C26H28N4O2. The number of fused-ring (bicyclic) bond motifs is 1. The minimum Gasteiger partial charge on any atom is -0.464 e. The summed E-state index contributed by atoms with van der Waals surface area (Å²) < 4.78 is 7.91.